The van der Waals surface area contributed by atoms with Gasteiger partial charge in [0, 0.05) is 19.5 Å². The van der Waals surface area contributed by atoms with Gasteiger partial charge in [0.1, 0.15) is 5.60 Å². The number of carbonyl (C=O) groups excluding carboxylic acids is 1. The summed E-state index contributed by atoms with van der Waals surface area (Å²) in [4.78, 5) is 15.9. The molecular formula is C17H33N3O2. The van der Waals surface area contributed by atoms with Crippen LogP contribution in [0.4, 0.5) is 0 Å². The fraction of sp³-hybridized carbons (Fsp3) is 0.882. The van der Waals surface area contributed by atoms with E-state index in [9.17, 15) is 4.79 Å². The number of nitrogens with one attached hydrogen (secondary N) is 1. The molecule has 0 spiro atoms. The van der Waals surface area contributed by atoms with Gasteiger partial charge in [-0.2, -0.15) is 0 Å². The lowest BCUT2D eigenvalue weighted by Gasteiger charge is -2.23. The maximum atomic E-state index is 11.5. The molecule has 0 saturated heterocycles. The average Bonchev–Trinajstić information content (AvgIpc) is 2.33. The van der Waals surface area contributed by atoms with Crippen molar-refractivity contribution >= 4 is 11.9 Å². The first-order valence-corrected chi connectivity index (χ1v) is 8.62. The largest absolute Gasteiger partial charge is 0.460 e. The first-order valence-electron chi connectivity index (χ1n) is 8.62. The van der Waals surface area contributed by atoms with Crippen LogP contribution in [-0.2, 0) is 9.53 Å². The van der Waals surface area contributed by atoms with Crippen molar-refractivity contribution in [3.63, 3.8) is 0 Å². The van der Waals surface area contributed by atoms with Gasteiger partial charge in [-0.05, 0) is 52.4 Å². The lowest BCUT2D eigenvalue weighted by molar-refractivity contribution is -0.154. The monoisotopic (exact) mass is 311 g/mol. The molecule has 1 aliphatic rings. The molecule has 3 N–H and O–H groups in total. The average molecular weight is 311 g/mol. The summed E-state index contributed by atoms with van der Waals surface area (Å²) in [6, 6.07) is 0. The van der Waals surface area contributed by atoms with E-state index in [1.54, 1.807) is 0 Å². The van der Waals surface area contributed by atoms with E-state index in [4.69, 9.17) is 10.5 Å². The first-order chi connectivity index (χ1) is 10.4. The van der Waals surface area contributed by atoms with E-state index in [0.717, 1.165) is 44.7 Å². The van der Waals surface area contributed by atoms with Crippen LogP contribution in [0, 0.1) is 5.92 Å². The lowest BCUT2D eigenvalue weighted by atomic mass is 9.86. The van der Waals surface area contributed by atoms with Gasteiger partial charge in [0.2, 0.25) is 0 Å². The predicted molar refractivity (Wildman–Crippen MR) is 90.8 cm³/mol. The second kappa shape index (κ2) is 9.70. The van der Waals surface area contributed by atoms with Gasteiger partial charge < -0.3 is 15.8 Å². The molecule has 1 saturated carbocycles. The van der Waals surface area contributed by atoms with Gasteiger partial charge >= 0.3 is 5.97 Å². The molecule has 0 atom stereocenters. The van der Waals surface area contributed by atoms with Gasteiger partial charge in [0.05, 0.1) is 0 Å². The van der Waals surface area contributed by atoms with Gasteiger partial charge in [0.25, 0.3) is 0 Å². The van der Waals surface area contributed by atoms with Crippen LogP contribution in [0.2, 0.25) is 0 Å². The zero-order chi connectivity index (χ0) is 16.4. The third-order valence-corrected chi connectivity index (χ3v) is 3.78. The van der Waals surface area contributed by atoms with Crippen molar-refractivity contribution < 1.29 is 9.53 Å². The zero-order valence-electron chi connectivity index (χ0n) is 14.5. The van der Waals surface area contributed by atoms with E-state index in [-0.39, 0.29) is 11.6 Å². The molecule has 22 heavy (non-hydrogen) atoms. The van der Waals surface area contributed by atoms with Crippen LogP contribution >= 0.6 is 0 Å². The number of guanidine groups is 1. The quantitative estimate of drug-likeness (QED) is 0.297. The van der Waals surface area contributed by atoms with E-state index < -0.39 is 0 Å². The van der Waals surface area contributed by atoms with Crippen LogP contribution in [0.15, 0.2) is 4.99 Å². The maximum absolute atomic E-state index is 11.5. The number of unbranched alkanes of at least 4 members (excludes halogenated alkanes) is 3. The molecule has 0 aromatic rings. The summed E-state index contributed by atoms with van der Waals surface area (Å²) in [6.07, 6.45) is 8.52. The van der Waals surface area contributed by atoms with Crippen molar-refractivity contribution in [3.8, 4) is 0 Å². The summed E-state index contributed by atoms with van der Waals surface area (Å²) in [6.45, 7) is 7.41. The number of rotatable bonds is 9. The molecule has 0 radical (unpaired) electrons. The smallest absolute Gasteiger partial charge is 0.306 e. The van der Waals surface area contributed by atoms with Gasteiger partial charge in [-0.15, -0.1) is 0 Å². The second-order valence-electron chi connectivity index (χ2n) is 7.20. The Morgan fingerprint density at radius 2 is 1.91 bits per heavy atom. The topological polar surface area (TPSA) is 76.7 Å². The normalized spacial score (nSPS) is 16.2. The Kier molecular flexibility index (Phi) is 8.28. The minimum absolute atomic E-state index is 0.0991. The van der Waals surface area contributed by atoms with Gasteiger partial charge in [0.15, 0.2) is 5.96 Å². The Balaban J connectivity index is 1.91. The van der Waals surface area contributed by atoms with Crippen molar-refractivity contribution in [2.24, 2.45) is 16.6 Å². The molecule has 0 aliphatic heterocycles. The van der Waals surface area contributed by atoms with Crippen molar-refractivity contribution in [2.45, 2.75) is 77.7 Å². The molecule has 5 heteroatoms. The molecule has 0 unspecified atom stereocenters. The summed E-state index contributed by atoms with van der Waals surface area (Å²) >= 11 is 0. The van der Waals surface area contributed by atoms with Gasteiger partial charge in [-0.25, -0.2) is 0 Å². The minimum Gasteiger partial charge on any atom is -0.460 e. The molecule has 0 heterocycles. The van der Waals surface area contributed by atoms with Crippen LogP contribution in [-0.4, -0.2) is 30.6 Å². The van der Waals surface area contributed by atoms with Crippen LogP contribution in [0.1, 0.15) is 72.1 Å². The Labute approximate surface area is 135 Å². The number of carbonyl (C=O) groups is 1. The van der Waals surface area contributed by atoms with E-state index in [0.29, 0.717) is 12.4 Å². The Morgan fingerprint density at radius 1 is 1.23 bits per heavy atom. The molecule has 0 aromatic heterocycles. The highest BCUT2D eigenvalue weighted by Crippen LogP contribution is 2.26. The molecule has 0 aromatic carbocycles. The lowest BCUT2D eigenvalue weighted by Crippen LogP contribution is -2.33. The molecule has 1 aliphatic carbocycles. The first kappa shape index (κ1) is 18.8. The number of hydrogen-bond acceptors (Lipinski definition) is 3. The molecule has 128 valence electrons. The molecular weight excluding hydrogens is 278 g/mol. The summed E-state index contributed by atoms with van der Waals surface area (Å²) in [5, 5.41) is 3.15. The van der Waals surface area contributed by atoms with Crippen LogP contribution in [0.3, 0.4) is 0 Å². The van der Waals surface area contributed by atoms with Crippen molar-refractivity contribution in [1.29, 1.82) is 0 Å². The zero-order valence-corrected chi connectivity index (χ0v) is 14.5. The highest BCUT2D eigenvalue weighted by molar-refractivity contribution is 5.77. The number of ether oxygens (including phenoxy) is 1. The number of hydrogen-bond donors (Lipinski definition) is 2. The van der Waals surface area contributed by atoms with Crippen LogP contribution in [0.5, 0.6) is 0 Å². The van der Waals surface area contributed by atoms with E-state index in [2.05, 4.69) is 10.3 Å². The number of esters is 1. The SMILES string of the molecule is CC(C)(C)OC(=O)CCCCCCNC(N)=NCC1CCC1. The summed E-state index contributed by atoms with van der Waals surface area (Å²) in [5.41, 5.74) is 5.44. The van der Waals surface area contributed by atoms with Gasteiger partial charge in [-0.1, -0.05) is 19.3 Å². The molecule has 1 fully saturated rings. The van der Waals surface area contributed by atoms with Crippen molar-refractivity contribution in [2.75, 3.05) is 13.1 Å². The predicted octanol–water partition coefficient (Wildman–Crippen LogP) is 2.98. The third kappa shape index (κ3) is 9.64. The number of nitrogens with two attached hydrogens (primary N) is 1. The summed E-state index contributed by atoms with van der Waals surface area (Å²) < 4.78 is 5.27. The van der Waals surface area contributed by atoms with E-state index in [1.807, 2.05) is 20.8 Å². The maximum Gasteiger partial charge on any atom is 0.306 e. The second-order valence-corrected chi connectivity index (χ2v) is 7.20. The van der Waals surface area contributed by atoms with Gasteiger partial charge in [-0.3, -0.25) is 9.79 Å². The Morgan fingerprint density at radius 3 is 2.50 bits per heavy atom. The highest BCUT2D eigenvalue weighted by Gasteiger charge is 2.16. The molecule has 0 bridgehead atoms. The number of aliphatic imine (C=N–C) groups is 1. The van der Waals surface area contributed by atoms with E-state index in [1.165, 1.54) is 19.3 Å². The number of nitrogens with zero attached hydrogens (tertiary/aromatic N) is 1. The van der Waals surface area contributed by atoms with Crippen LogP contribution in [0.25, 0.3) is 0 Å². The molecule has 5 nitrogen and oxygen atoms in total. The summed E-state index contributed by atoms with van der Waals surface area (Å²) in [7, 11) is 0. The van der Waals surface area contributed by atoms with E-state index >= 15 is 0 Å². The fourth-order valence-electron chi connectivity index (χ4n) is 2.32. The molecule has 0 amide bonds. The van der Waals surface area contributed by atoms with Crippen molar-refractivity contribution in [1.82, 2.24) is 5.32 Å². The fourth-order valence-corrected chi connectivity index (χ4v) is 2.32. The summed E-state index contributed by atoms with van der Waals surface area (Å²) in [5.74, 6) is 1.23. The minimum atomic E-state index is -0.378. The highest BCUT2D eigenvalue weighted by atomic mass is 16.6. The Hall–Kier alpha value is -1.26. The standard InChI is InChI=1S/C17H33N3O2/c1-17(2,3)22-15(21)11-6-4-5-7-12-19-16(18)20-13-14-9-8-10-14/h14H,4-13H2,1-3H3,(H3,18,19,20). The molecule has 1 rings (SSSR count). The van der Waals surface area contributed by atoms with Crippen molar-refractivity contribution in [3.05, 3.63) is 0 Å². The van der Waals surface area contributed by atoms with Crippen LogP contribution < -0.4 is 11.1 Å². The third-order valence-electron chi connectivity index (χ3n) is 3.78. The Bertz CT molecular complexity index is 357.